The Labute approximate surface area is 395 Å². The van der Waals surface area contributed by atoms with Crippen LogP contribution in [0.5, 0.6) is 0 Å². The van der Waals surface area contributed by atoms with Gasteiger partial charge in [-0.3, -0.25) is 0 Å². The lowest BCUT2D eigenvalue weighted by molar-refractivity contribution is 0.544. The molecule has 2 heteroatoms. The number of aryl methyl sites for hydroxylation is 4. The maximum Gasteiger partial charge on any atom is 0.0316 e. The van der Waals surface area contributed by atoms with Crippen LogP contribution in [-0.2, 0) is 12.8 Å². The van der Waals surface area contributed by atoms with Crippen LogP contribution in [0.25, 0.3) is 0 Å². The number of rotatable bonds is 37. The molecular weight excluding hydrogens is 773 g/mol. The van der Waals surface area contributed by atoms with Gasteiger partial charge >= 0.3 is 0 Å². The number of nitrogens with two attached hydrogens (primary N) is 2. The van der Waals surface area contributed by atoms with Gasteiger partial charge in [-0.1, -0.05) is 241 Å². The number of nitrogen functional groups attached to an aromatic ring is 2. The van der Waals surface area contributed by atoms with E-state index >= 15 is 0 Å². The van der Waals surface area contributed by atoms with Gasteiger partial charge in [-0.25, -0.2) is 0 Å². The summed E-state index contributed by atoms with van der Waals surface area (Å²) < 4.78 is 0. The van der Waals surface area contributed by atoms with Gasteiger partial charge in [0.1, 0.15) is 0 Å². The molecule has 0 saturated carbocycles. The minimum Gasteiger partial charge on any atom is -0.399 e. The predicted octanol–water partition coefficient (Wildman–Crippen LogP) is 19.3. The molecule has 0 aliphatic rings. The fourth-order valence-electron chi connectivity index (χ4n) is 10.4. The third-order valence-corrected chi connectivity index (χ3v) is 14.5. The molecule has 0 saturated heterocycles. The van der Waals surface area contributed by atoms with Gasteiger partial charge in [-0.05, 0) is 121 Å². The normalized spacial score (nSPS) is 12.5. The molecule has 354 valence electrons. The number of unbranched alkanes of at least 4 members (excludes halogenated alkanes) is 25. The Balaban J connectivity index is 1.07. The highest BCUT2D eigenvalue weighted by molar-refractivity contribution is 5.49. The van der Waals surface area contributed by atoms with Gasteiger partial charge in [-0.15, -0.1) is 0 Å². The quantitative estimate of drug-likeness (QED) is 0.0350. The molecule has 4 aromatic rings. The standard InChI is InChI=1S/C62H96N2/c1-5-7-9-11-13-17-23-27-31-35-61(59-47-45-57(63)49-51(59)3)55-41-37-53(38-42-55)33-29-25-21-19-15-16-20-22-26-30-34-54-39-43-56(44-40-54)62(60-48-46-58(64)50-52(60)4)36-32-28-24-18-14-12-10-8-6-2/h37-50,61-62H,5-36,63-64H2,1-4H3. The van der Waals surface area contributed by atoms with Crippen molar-refractivity contribution in [1.82, 2.24) is 0 Å². The van der Waals surface area contributed by atoms with Crippen molar-refractivity contribution in [1.29, 1.82) is 0 Å². The van der Waals surface area contributed by atoms with E-state index in [4.69, 9.17) is 11.5 Å². The van der Waals surface area contributed by atoms with Crippen LogP contribution in [-0.4, -0.2) is 0 Å². The van der Waals surface area contributed by atoms with E-state index in [1.807, 2.05) is 0 Å². The second-order valence-electron chi connectivity index (χ2n) is 20.1. The Morgan fingerprint density at radius 2 is 0.609 bits per heavy atom. The fourth-order valence-corrected chi connectivity index (χ4v) is 10.4. The van der Waals surface area contributed by atoms with E-state index < -0.39 is 0 Å². The van der Waals surface area contributed by atoms with Gasteiger partial charge in [0.25, 0.3) is 0 Å². The smallest absolute Gasteiger partial charge is 0.0316 e. The van der Waals surface area contributed by atoms with Crippen molar-refractivity contribution in [2.24, 2.45) is 0 Å². The van der Waals surface area contributed by atoms with Gasteiger partial charge in [0, 0.05) is 23.2 Å². The summed E-state index contributed by atoms with van der Waals surface area (Å²) in [7, 11) is 0. The van der Waals surface area contributed by atoms with E-state index in [2.05, 4.69) is 113 Å². The van der Waals surface area contributed by atoms with Crippen molar-refractivity contribution in [2.45, 2.75) is 245 Å². The minimum absolute atomic E-state index is 0.459. The highest BCUT2D eigenvalue weighted by Crippen LogP contribution is 2.35. The van der Waals surface area contributed by atoms with Crippen LogP contribution >= 0.6 is 0 Å². The van der Waals surface area contributed by atoms with Crippen molar-refractivity contribution in [3.8, 4) is 0 Å². The Morgan fingerprint density at radius 1 is 0.328 bits per heavy atom. The zero-order valence-electron chi connectivity index (χ0n) is 42.0. The van der Waals surface area contributed by atoms with Crippen LogP contribution in [0.15, 0.2) is 84.9 Å². The third-order valence-electron chi connectivity index (χ3n) is 14.5. The summed E-state index contributed by atoms with van der Waals surface area (Å²) in [5.74, 6) is 0.917. The van der Waals surface area contributed by atoms with Crippen LogP contribution in [0.3, 0.4) is 0 Å². The fraction of sp³-hybridized carbons (Fsp3) is 0.613. The highest BCUT2D eigenvalue weighted by Gasteiger charge is 2.18. The molecule has 4 rings (SSSR count). The first-order valence-corrected chi connectivity index (χ1v) is 27.3. The molecule has 0 spiro atoms. The number of hydrogen-bond donors (Lipinski definition) is 2. The topological polar surface area (TPSA) is 52.0 Å². The molecule has 4 N–H and O–H groups in total. The van der Waals surface area contributed by atoms with Crippen LogP contribution in [0.4, 0.5) is 11.4 Å². The first-order valence-electron chi connectivity index (χ1n) is 27.3. The summed E-state index contributed by atoms with van der Waals surface area (Å²) in [6, 6.07) is 32.5. The largest absolute Gasteiger partial charge is 0.399 e. The van der Waals surface area contributed by atoms with Crippen molar-refractivity contribution >= 4 is 11.4 Å². The molecule has 0 aromatic heterocycles. The second-order valence-corrected chi connectivity index (χ2v) is 20.1. The highest BCUT2D eigenvalue weighted by atomic mass is 14.5. The molecule has 0 radical (unpaired) electrons. The maximum atomic E-state index is 6.16. The Kier molecular flexibility index (Phi) is 27.4. The van der Waals surface area contributed by atoms with Crippen LogP contribution < -0.4 is 11.5 Å². The summed E-state index contributed by atoms with van der Waals surface area (Å²) in [6.45, 7) is 9.08. The van der Waals surface area contributed by atoms with Crippen molar-refractivity contribution in [3.63, 3.8) is 0 Å². The van der Waals surface area contributed by atoms with Crippen LogP contribution in [0.1, 0.15) is 263 Å². The zero-order chi connectivity index (χ0) is 45.5. The Morgan fingerprint density at radius 3 is 0.906 bits per heavy atom. The lowest BCUT2D eigenvalue weighted by Crippen LogP contribution is -2.05. The van der Waals surface area contributed by atoms with E-state index in [1.54, 1.807) is 0 Å². The molecule has 64 heavy (non-hydrogen) atoms. The van der Waals surface area contributed by atoms with Gasteiger partial charge in [0.05, 0.1) is 0 Å². The number of anilines is 2. The van der Waals surface area contributed by atoms with Crippen molar-refractivity contribution in [3.05, 3.63) is 129 Å². The second kappa shape index (κ2) is 33.0. The van der Waals surface area contributed by atoms with Gasteiger partial charge in [0.15, 0.2) is 0 Å². The van der Waals surface area contributed by atoms with Crippen molar-refractivity contribution in [2.75, 3.05) is 11.5 Å². The summed E-state index contributed by atoms with van der Waals surface area (Å²) >= 11 is 0. The molecule has 0 aliphatic heterocycles. The molecule has 2 nitrogen and oxygen atoms in total. The lowest BCUT2D eigenvalue weighted by atomic mass is 9.84. The third kappa shape index (κ3) is 21.2. The van der Waals surface area contributed by atoms with E-state index in [0.717, 1.165) is 11.4 Å². The average Bonchev–Trinajstić information content (AvgIpc) is 3.29. The van der Waals surface area contributed by atoms with Gasteiger partial charge < -0.3 is 11.5 Å². The molecule has 0 bridgehead atoms. The first-order chi connectivity index (χ1) is 31.4. The lowest BCUT2D eigenvalue weighted by Gasteiger charge is -2.21. The zero-order valence-corrected chi connectivity index (χ0v) is 42.0. The molecule has 0 fully saturated rings. The van der Waals surface area contributed by atoms with E-state index in [-0.39, 0.29) is 0 Å². The molecule has 2 atom stereocenters. The predicted molar refractivity (Wildman–Crippen MR) is 285 cm³/mol. The average molecular weight is 869 g/mol. The minimum atomic E-state index is 0.459. The molecule has 2 unspecified atom stereocenters. The van der Waals surface area contributed by atoms with Crippen molar-refractivity contribution < 1.29 is 0 Å². The van der Waals surface area contributed by atoms with E-state index in [1.165, 1.54) is 250 Å². The van der Waals surface area contributed by atoms with Gasteiger partial charge in [-0.2, -0.15) is 0 Å². The molecule has 0 heterocycles. The van der Waals surface area contributed by atoms with E-state index in [9.17, 15) is 0 Å². The number of benzene rings is 4. The summed E-state index contributed by atoms with van der Waals surface area (Å²) in [6.07, 6.45) is 43.3. The summed E-state index contributed by atoms with van der Waals surface area (Å²) in [4.78, 5) is 0. The molecule has 4 aromatic carbocycles. The Bertz CT molecular complexity index is 1620. The summed E-state index contributed by atoms with van der Waals surface area (Å²) in [5, 5.41) is 0. The Hall–Kier alpha value is -3.52. The molecule has 0 aliphatic carbocycles. The monoisotopic (exact) mass is 869 g/mol. The van der Waals surface area contributed by atoms with Gasteiger partial charge in [0.2, 0.25) is 0 Å². The van der Waals surface area contributed by atoms with E-state index in [0.29, 0.717) is 11.8 Å². The first kappa shape index (κ1) is 53.1. The molecule has 0 amide bonds. The maximum absolute atomic E-state index is 6.16. The molecular formula is C62H96N2. The summed E-state index contributed by atoms with van der Waals surface area (Å²) in [5.41, 5.74) is 25.6. The van der Waals surface area contributed by atoms with Crippen LogP contribution in [0.2, 0.25) is 0 Å². The number of hydrogen-bond acceptors (Lipinski definition) is 2. The van der Waals surface area contributed by atoms with Crippen LogP contribution in [0, 0.1) is 13.8 Å². The SMILES string of the molecule is CCCCCCCCCCCC(c1ccc(CCCCCCCCCCCCc2ccc(C(CCCCCCCCCCC)c3ccc(N)cc3C)cc2)cc1)c1ccc(N)cc1C.